The van der Waals surface area contributed by atoms with Gasteiger partial charge in [-0.15, -0.1) is 0 Å². The van der Waals surface area contributed by atoms with Crippen LogP contribution in [0.15, 0.2) is 0 Å². The van der Waals surface area contributed by atoms with Crippen LogP contribution in [0.4, 0.5) is 0 Å². The molecule has 0 aromatic carbocycles. The minimum atomic E-state index is 0.308. The quantitative estimate of drug-likeness (QED) is 0.663. The molecule has 0 amide bonds. The predicted molar refractivity (Wildman–Crippen MR) is 77.7 cm³/mol. The maximum absolute atomic E-state index is 9.54. The van der Waals surface area contributed by atoms with Gasteiger partial charge in [0.05, 0.1) is 12.0 Å². The van der Waals surface area contributed by atoms with E-state index in [1.807, 2.05) is 0 Å². The van der Waals surface area contributed by atoms with Crippen molar-refractivity contribution >= 4 is 0 Å². The van der Waals surface area contributed by atoms with E-state index in [1.54, 1.807) is 0 Å². The van der Waals surface area contributed by atoms with Gasteiger partial charge in [-0.25, -0.2) is 0 Å². The third kappa shape index (κ3) is 2.82. The molecule has 4 atom stereocenters. The van der Waals surface area contributed by atoms with Crippen molar-refractivity contribution in [3.8, 4) is 6.07 Å². The zero-order valence-corrected chi connectivity index (χ0v) is 12.2. The molecule has 1 heterocycles. The van der Waals surface area contributed by atoms with E-state index in [-0.39, 0.29) is 0 Å². The molecule has 3 rings (SSSR count). The van der Waals surface area contributed by atoms with Crippen LogP contribution in [0.5, 0.6) is 0 Å². The largest absolute Gasteiger partial charge is 0.296 e. The minimum Gasteiger partial charge on any atom is -0.296 e. The van der Waals surface area contributed by atoms with Gasteiger partial charge in [0.1, 0.15) is 0 Å². The molecule has 2 aliphatic carbocycles. The summed E-state index contributed by atoms with van der Waals surface area (Å²) in [5, 5.41) is 9.54. The van der Waals surface area contributed by atoms with Crippen molar-refractivity contribution in [3.05, 3.63) is 0 Å². The maximum Gasteiger partial charge on any atom is 0.0672 e. The van der Waals surface area contributed by atoms with E-state index in [1.165, 1.54) is 70.8 Å². The summed E-state index contributed by atoms with van der Waals surface area (Å²) in [5.74, 6) is 1.26. The van der Waals surface area contributed by atoms with Gasteiger partial charge < -0.3 is 0 Å². The third-order valence-electron chi connectivity index (χ3n) is 5.86. The Bertz CT molecular complexity index is 331. The van der Waals surface area contributed by atoms with Crippen molar-refractivity contribution in [2.45, 2.75) is 82.7 Å². The van der Waals surface area contributed by atoms with Crippen molar-refractivity contribution in [2.75, 3.05) is 6.54 Å². The van der Waals surface area contributed by atoms with Gasteiger partial charge in [0, 0.05) is 12.1 Å². The topological polar surface area (TPSA) is 27.0 Å². The first-order valence-corrected chi connectivity index (χ1v) is 8.55. The minimum absolute atomic E-state index is 0.308. The molecule has 2 saturated carbocycles. The number of rotatable bonds is 1. The van der Waals surface area contributed by atoms with Gasteiger partial charge in [0.15, 0.2) is 0 Å². The number of likely N-dealkylation sites (tertiary alicyclic amines) is 1. The molecule has 0 aromatic heterocycles. The molecule has 0 N–H and O–H groups in total. The standard InChI is InChI=1S/C17H28N2/c18-13-15-8-2-1-3-10-17(15)19-12-6-9-14-7-4-5-11-16(14)19/h14-17H,1-12H2/t14-,15?,16-,17?/m1/s1. The van der Waals surface area contributed by atoms with Crippen molar-refractivity contribution in [1.29, 1.82) is 5.26 Å². The maximum atomic E-state index is 9.54. The van der Waals surface area contributed by atoms with Crippen LogP contribution in [0, 0.1) is 23.2 Å². The summed E-state index contributed by atoms with van der Waals surface area (Å²) in [7, 11) is 0. The lowest BCUT2D eigenvalue weighted by molar-refractivity contribution is 0.0102. The van der Waals surface area contributed by atoms with Gasteiger partial charge in [-0.2, -0.15) is 5.26 Å². The van der Waals surface area contributed by atoms with Crippen LogP contribution in [0.3, 0.4) is 0 Å². The van der Waals surface area contributed by atoms with Crippen LogP contribution in [0.2, 0.25) is 0 Å². The highest BCUT2D eigenvalue weighted by Gasteiger charge is 2.39. The van der Waals surface area contributed by atoms with Crippen LogP contribution in [0.1, 0.15) is 70.6 Å². The first-order valence-electron chi connectivity index (χ1n) is 8.55. The summed E-state index contributed by atoms with van der Waals surface area (Å²) < 4.78 is 0. The Labute approximate surface area is 118 Å². The molecule has 0 radical (unpaired) electrons. The summed E-state index contributed by atoms with van der Waals surface area (Å²) >= 11 is 0. The van der Waals surface area contributed by atoms with Gasteiger partial charge in [-0.05, 0) is 51.0 Å². The zero-order chi connectivity index (χ0) is 13.1. The van der Waals surface area contributed by atoms with Gasteiger partial charge in [-0.3, -0.25) is 4.90 Å². The highest BCUT2D eigenvalue weighted by Crippen LogP contribution is 2.39. The number of piperidine rings is 1. The van der Waals surface area contributed by atoms with Crippen LogP contribution < -0.4 is 0 Å². The second-order valence-corrected chi connectivity index (χ2v) is 6.93. The highest BCUT2D eigenvalue weighted by molar-refractivity contribution is 4.99. The number of nitrogens with zero attached hydrogens (tertiary/aromatic N) is 2. The van der Waals surface area contributed by atoms with Gasteiger partial charge in [0.2, 0.25) is 0 Å². The van der Waals surface area contributed by atoms with Gasteiger partial charge in [0.25, 0.3) is 0 Å². The molecule has 1 aliphatic heterocycles. The number of hydrogen-bond donors (Lipinski definition) is 0. The number of nitriles is 1. The van der Waals surface area contributed by atoms with Crippen LogP contribution in [-0.4, -0.2) is 23.5 Å². The molecule has 0 bridgehead atoms. The Balaban J connectivity index is 1.76. The Kier molecular flexibility index (Phi) is 4.43. The molecule has 3 fully saturated rings. The fourth-order valence-corrected chi connectivity index (χ4v) is 4.91. The second kappa shape index (κ2) is 6.27. The van der Waals surface area contributed by atoms with Crippen molar-refractivity contribution in [1.82, 2.24) is 4.90 Å². The molecule has 2 heteroatoms. The lowest BCUT2D eigenvalue weighted by Crippen LogP contribution is -2.53. The molecule has 19 heavy (non-hydrogen) atoms. The Morgan fingerprint density at radius 2 is 1.42 bits per heavy atom. The van der Waals surface area contributed by atoms with Crippen LogP contribution in [0.25, 0.3) is 0 Å². The summed E-state index contributed by atoms with van der Waals surface area (Å²) in [6, 6.07) is 4.05. The molecular weight excluding hydrogens is 232 g/mol. The Morgan fingerprint density at radius 3 is 2.32 bits per heavy atom. The lowest BCUT2D eigenvalue weighted by atomic mass is 9.76. The smallest absolute Gasteiger partial charge is 0.0672 e. The van der Waals surface area contributed by atoms with Gasteiger partial charge in [-0.1, -0.05) is 32.1 Å². The average Bonchev–Trinajstić information content (AvgIpc) is 2.71. The first-order chi connectivity index (χ1) is 9.40. The van der Waals surface area contributed by atoms with E-state index in [9.17, 15) is 5.26 Å². The molecule has 3 aliphatic rings. The molecule has 106 valence electrons. The van der Waals surface area contributed by atoms with E-state index in [4.69, 9.17) is 0 Å². The van der Waals surface area contributed by atoms with Crippen molar-refractivity contribution < 1.29 is 0 Å². The average molecular weight is 260 g/mol. The van der Waals surface area contributed by atoms with E-state index < -0.39 is 0 Å². The second-order valence-electron chi connectivity index (χ2n) is 6.93. The van der Waals surface area contributed by atoms with E-state index in [0.29, 0.717) is 12.0 Å². The lowest BCUT2D eigenvalue weighted by Gasteiger charge is -2.48. The summed E-state index contributed by atoms with van der Waals surface area (Å²) in [6.07, 6.45) is 14.9. The van der Waals surface area contributed by atoms with Gasteiger partial charge >= 0.3 is 0 Å². The molecule has 1 saturated heterocycles. The summed E-state index contributed by atoms with van der Waals surface area (Å²) in [5.41, 5.74) is 0. The van der Waals surface area contributed by atoms with E-state index in [2.05, 4.69) is 11.0 Å². The molecule has 2 unspecified atom stereocenters. The first kappa shape index (κ1) is 13.4. The highest BCUT2D eigenvalue weighted by atomic mass is 15.2. The molecule has 2 nitrogen and oxygen atoms in total. The fourth-order valence-electron chi connectivity index (χ4n) is 4.91. The number of fused-ring (bicyclic) bond motifs is 1. The van der Waals surface area contributed by atoms with Crippen LogP contribution >= 0.6 is 0 Å². The normalized spacial score (nSPS) is 41.0. The molecule has 0 spiro atoms. The molecule has 0 aromatic rings. The fraction of sp³-hybridized carbons (Fsp3) is 0.941. The van der Waals surface area contributed by atoms with Crippen molar-refractivity contribution in [2.24, 2.45) is 11.8 Å². The van der Waals surface area contributed by atoms with E-state index >= 15 is 0 Å². The SMILES string of the molecule is N#CC1CCCCCC1N1CCC[C@H]2CCCC[C@H]21. The zero-order valence-electron chi connectivity index (χ0n) is 12.2. The summed E-state index contributed by atoms with van der Waals surface area (Å²) in [4.78, 5) is 2.80. The predicted octanol–water partition coefficient (Wildman–Crippen LogP) is 4.11. The Morgan fingerprint density at radius 1 is 0.737 bits per heavy atom. The van der Waals surface area contributed by atoms with Crippen LogP contribution in [-0.2, 0) is 0 Å². The van der Waals surface area contributed by atoms with Crippen molar-refractivity contribution in [3.63, 3.8) is 0 Å². The van der Waals surface area contributed by atoms with E-state index in [0.717, 1.165) is 18.4 Å². The summed E-state index contributed by atoms with van der Waals surface area (Å²) in [6.45, 7) is 1.27. The molecular formula is C17H28N2. The third-order valence-corrected chi connectivity index (χ3v) is 5.86. The Hall–Kier alpha value is -0.550. The monoisotopic (exact) mass is 260 g/mol. The number of hydrogen-bond acceptors (Lipinski definition) is 2.